The van der Waals surface area contributed by atoms with E-state index < -0.39 is 0 Å². The van der Waals surface area contributed by atoms with E-state index in [0.717, 1.165) is 23.6 Å². The van der Waals surface area contributed by atoms with Gasteiger partial charge in [-0.1, -0.05) is 0 Å². The molecule has 1 N–H and O–H groups in total. The lowest BCUT2D eigenvalue weighted by Crippen LogP contribution is -2.43. The predicted octanol–water partition coefficient (Wildman–Crippen LogP) is 1.31. The second-order valence-corrected chi connectivity index (χ2v) is 5.77. The Bertz CT molecular complexity index is 678. The maximum Gasteiger partial charge on any atom is 0.222 e. The summed E-state index contributed by atoms with van der Waals surface area (Å²) < 4.78 is 1.78. The first-order valence-corrected chi connectivity index (χ1v) is 7.41. The minimum atomic E-state index is 0.198. The Kier molecular flexibility index (Phi) is 3.79. The van der Waals surface area contributed by atoms with E-state index >= 15 is 0 Å². The molecule has 22 heavy (non-hydrogen) atoms. The first-order chi connectivity index (χ1) is 10.5. The topological polar surface area (TPSA) is 75.9 Å². The van der Waals surface area contributed by atoms with E-state index in [4.69, 9.17) is 0 Å². The molecular formula is C15H20N6O. The minimum absolute atomic E-state index is 0.198. The van der Waals surface area contributed by atoms with Crippen LogP contribution in [0.25, 0.3) is 5.82 Å². The van der Waals surface area contributed by atoms with Crippen LogP contribution in [0.3, 0.4) is 0 Å². The molecule has 0 unspecified atom stereocenters. The summed E-state index contributed by atoms with van der Waals surface area (Å²) in [5.41, 5.74) is 1.98. The van der Waals surface area contributed by atoms with Crippen molar-refractivity contribution < 1.29 is 4.79 Å². The van der Waals surface area contributed by atoms with Gasteiger partial charge in [0, 0.05) is 31.7 Å². The minimum Gasteiger partial charge on any atom is -0.364 e. The highest BCUT2D eigenvalue weighted by Crippen LogP contribution is 2.15. The van der Waals surface area contributed by atoms with Crippen LogP contribution in [-0.2, 0) is 4.79 Å². The maximum atomic E-state index is 11.5. The van der Waals surface area contributed by atoms with Crippen LogP contribution < -0.4 is 5.32 Å². The maximum absolute atomic E-state index is 11.5. The van der Waals surface area contributed by atoms with E-state index in [2.05, 4.69) is 20.6 Å². The Morgan fingerprint density at radius 1 is 1.27 bits per heavy atom. The lowest BCUT2D eigenvalue weighted by atomic mass is 10.1. The molecule has 3 heterocycles. The number of anilines is 1. The van der Waals surface area contributed by atoms with Gasteiger partial charge in [0.1, 0.15) is 5.82 Å². The van der Waals surface area contributed by atoms with Crippen molar-refractivity contribution in [2.75, 3.05) is 18.9 Å². The van der Waals surface area contributed by atoms with Crippen LogP contribution in [0.2, 0.25) is 0 Å². The molecule has 0 aromatic carbocycles. The Labute approximate surface area is 129 Å². The van der Waals surface area contributed by atoms with E-state index in [9.17, 15) is 4.79 Å². The normalized spacial score (nSPS) is 18.6. The third kappa shape index (κ3) is 2.93. The summed E-state index contributed by atoms with van der Waals surface area (Å²) in [6, 6.07) is 6.02. The summed E-state index contributed by atoms with van der Waals surface area (Å²) in [5, 5.41) is 16.2. The fourth-order valence-electron chi connectivity index (χ4n) is 2.72. The number of carbonyl (C=O) groups is 1. The highest BCUT2D eigenvalue weighted by atomic mass is 16.2. The van der Waals surface area contributed by atoms with Crippen molar-refractivity contribution in [1.29, 1.82) is 0 Å². The standard InChI is InChI=1S/C15H20N6O/c1-10-8-11(2)21(19-10)14-6-5-13(17-18-14)16-12-4-7-15(22)20(3)9-12/h5-6,8,12H,4,7,9H2,1-3H3,(H,16,17)/t12-/m0/s1. The quantitative estimate of drug-likeness (QED) is 0.925. The fourth-order valence-corrected chi connectivity index (χ4v) is 2.72. The average molecular weight is 300 g/mol. The smallest absolute Gasteiger partial charge is 0.222 e. The number of hydrogen-bond acceptors (Lipinski definition) is 5. The van der Waals surface area contributed by atoms with Crippen LogP contribution in [0.1, 0.15) is 24.2 Å². The van der Waals surface area contributed by atoms with Crippen LogP contribution in [0.4, 0.5) is 5.82 Å². The van der Waals surface area contributed by atoms with Gasteiger partial charge in [-0.15, -0.1) is 10.2 Å². The fraction of sp³-hybridized carbons (Fsp3) is 0.467. The first-order valence-electron chi connectivity index (χ1n) is 7.41. The summed E-state index contributed by atoms with van der Waals surface area (Å²) in [7, 11) is 1.83. The monoisotopic (exact) mass is 300 g/mol. The van der Waals surface area contributed by atoms with Gasteiger partial charge in [0.15, 0.2) is 5.82 Å². The van der Waals surface area contributed by atoms with E-state index in [1.807, 2.05) is 39.1 Å². The number of piperidine rings is 1. The Hall–Kier alpha value is -2.44. The summed E-state index contributed by atoms with van der Waals surface area (Å²) in [5.74, 6) is 1.62. The first kappa shape index (κ1) is 14.5. The Morgan fingerprint density at radius 3 is 2.68 bits per heavy atom. The van der Waals surface area contributed by atoms with Gasteiger partial charge in [-0.2, -0.15) is 5.10 Å². The Balaban J connectivity index is 1.69. The summed E-state index contributed by atoms with van der Waals surface area (Å²) in [6.07, 6.45) is 1.40. The van der Waals surface area contributed by atoms with Crippen LogP contribution in [-0.4, -0.2) is 50.4 Å². The molecule has 0 aliphatic carbocycles. The van der Waals surface area contributed by atoms with Crippen molar-refractivity contribution in [2.24, 2.45) is 0 Å². The molecule has 3 rings (SSSR count). The average Bonchev–Trinajstić information content (AvgIpc) is 2.83. The van der Waals surface area contributed by atoms with Gasteiger partial charge in [0.05, 0.1) is 5.69 Å². The van der Waals surface area contributed by atoms with E-state index in [1.165, 1.54) is 0 Å². The molecule has 0 saturated carbocycles. The number of nitrogens with zero attached hydrogens (tertiary/aromatic N) is 5. The largest absolute Gasteiger partial charge is 0.364 e. The molecule has 1 aliphatic rings. The number of likely N-dealkylation sites (N-methyl/N-ethyl adjacent to an activating group) is 1. The zero-order valence-electron chi connectivity index (χ0n) is 13.1. The molecule has 116 valence electrons. The number of amides is 1. The van der Waals surface area contributed by atoms with Gasteiger partial charge in [-0.3, -0.25) is 4.79 Å². The van der Waals surface area contributed by atoms with Crippen molar-refractivity contribution in [3.05, 3.63) is 29.6 Å². The molecule has 0 spiro atoms. The second kappa shape index (κ2) is 5.75. The third-order valence-electron chi connectivity index (χ3n) is 3.86. The van der Waals surface area contributed by atoms with E-state index in [-0.39, 0.29) is 11.9 Å². The van der Waals surface area contributed by atoms with Crippen molar-refractivity contribution in [1.82, 2.24) is 24.9 Å². The van der Waals surface area contributed by atoms with E-state index in [0.29, 0.717) is 18.8 Å². The third-order valence-corrected chi connectivity index (χ3v) is 3.86. The van der Waals surface area contributed by atoms with Gasteiger partial charge < -0.3 is 10.2 Å². The van der Waals surface area contributed by atoms with Crippen molar-refractivity contribution in [2.45, 2.75) is 32.7 Å². The number of carbonyl (C=O) groups excluding carboxylic acids is 1. The molecule has 7 nitrogen and oxygen atoms in total. The van der Waals surface area contributed by atoms with Gasteiger partial charge >= 0.3 is 0 Å². The number of aromatic nitrogens is 4. The molecular weight excluding hydrogens is 280 g/mol. The molecule has 2 aromatic rings. The van der Waals surface area contributed by atoms with Gasteiger partial charge in [0.2, 0.25) is 5.91 Å². The highest BCUT2D eigenvalue weighted by Gasteiger charge is 2.22. The SMILES string of the molecule is Cc1cc(C)n(-c2ccc(N[C@H]3CCC(=O)N(C)C3)nn2)n1. The zero-order valence-corrected chi connectivity index (χ0v) is 13.1. The number of hydrogen-bond donors (Lipinski definition) is 1. The molecule has 1 aliphatic heterocycles. The molecule has 1 saturated heterocycles. The molecule has 0 bridgehead atoms. The van der Waals surface area contributed by atoms with E-state index in [1.54, 1.807) is 9.58 Å². The highest BCUT2D eigenvalue weighted by molar-refractivity contribution is 5.77. The summed E-state index contributed by atoms with van der Waals surface area (Å²) in [6.45, 7) is 4.64. The van der Waals surface area contributed by atoms with Crippen LogP contribution in [0.5, 0.6) is 0 Å². The van der Waals surface area contributed by atoms with Crippen LogP contribution >= 0.6 is 0 Å². The van der Waals surface area contributed by atoms with Crippen molar-refractivity contribution in [3.8, 4) is 5.82 Å². The number of nitrogens with one attached hydrogen (secondary N) is 1. The molecule has 7 heteroatoms. The van der Waals surface area contributed by atoms with Crippen LogP contribution in [0.15, 0.2) is 18.2 Å². The Morgan fingerprint density at radius 2 is 2.09 bits per heavy atom. The van der Waals surface area contributed by atoms with Gasteiger partial charge in [-0.25, -0.2) is 4.68 Å². The van der Waals surface area contributed by atoms with Crippen LogP contribution in [0, 0.1) is 13.8 Å². The van der Waals surface area contributed by atoms with Crippen molar-refractivity contribution in [3.63, 3.8) is 0 Å². The lowest BCUT2D eigenvalue weighted by molar-refractivity contribution is -0.132. The lowest BCUT2D eigenvalue weighted by Gasteiger charge is -2.30. The van der Waals surface area contributed by atoms with Crippen molar-refractivity contribution >= 4 is 11.7 Å². The molecule has 1 atom stereocenters. The predicted molar refractivity (Wildman–Crippen MR) is 82.9 cm³/mol. The number of aryl methyl sites for hydroxylation is 2. The summed E-state index contributed by atoms with van der Waals surface area (Å²) in [4.78, 5) is 13.2. The molecule has 1 amide bonds. The molecule has 1 fully saturated rings. The van der Waals surface area contributed by atoms with Gasteiger partial charge in [-0.05, 0) is 38.5 Å². The number of rotatable bonds is 3. The van der Waals surface area contributed by atoms with Gasteiger partial charge in [0.25, 0.3) is 0 Å². The molecule has 0 radical (unpaired) electrons. The zero-order chi connectivity index (χ0) is 15.7. The molecule has 2 aromatic heterocycles. The summed E-state index contributed by atoms with van der Waals surface area (Å²) >= 11 is 0. The second-order valence-electron chi connectivity index (χ2n) is 5.77. The number of likely N-dealkylation sites (tertiary alicyclic amines) is 1.